The number of hydrogen-bond donors (Lipinski definition) is 3. The van der Waals surface area contributed by atoms with Crippen LogP contribution >= 0.6 is 0 Å². The Morgan fingerprint density at radius 1 is 0.789 bits per heavy atom. The fourth-order valence-electron chi connectivity index (χ4n) is 1.46. The Hall–Kier alpha value is -2.58. The number of benzene rings is 1. The molecule has 1 aromatic carbocycles. The minimum absolute atomic E-state index is 1.24. The lowest BCUT2D eigenvalue weighted by atomic mass is 9.97. The van der Waals surface area contributed by atoms with Crippen molar-refractivity contribution in [2.24, 2.45) is 0 Å². The van der Waals surface area contributed by atoms with Crippen molar-refractivity contribution in [1.29, 1.82) is 0 Å². The summed E-state index contributed by atoms with van der Waals surface area (Å²) < 4.78 is 39.7. The van der Waals surface area contributed by atoms with E-state index in [1.54, 1.807) is 0 Å². The quantitative estimate of drug-likeness (QED) is 0.712. The van der Waals surface area contributed by atoms with Gasteiger partial charge in [-0.3, -0.25) is 4.79 Å². The van der Waals surface area contributed by atoms with Crippen LogP contribution in [0.15, 0.2) is 0 Å². The fourth-order valence-corrected chi connectivity index (χ4v) is 1.46. The zero-order valence-electron chi connectivity index (χ0n) is 8.91. The molecule has 19 heavy (non-hydrogen) atoms. The molecule has 0 atom stereocenters. The summed E-state index contributed by atoms with van der Waals surface area (Å²) >= 11 is 0. The first-order chi connectivity index (χ1) is 8.68. The molecule has 3 N–H and O–H groups in total. The van der Waals surface area contributed by atoms with Crippen molar-refractivity contribution in [2.45, 2.75) is 6.42 Å². The molecule has 0 radical (unpaired) electrons. The molecule has 0 saturated carbocycles. The van der Waals surface area contributed by atoms with Gasteiger partial charge in [-0.15, -0.1) is 0 Å². The van der Waals surface area contributed by atoms with Crippen LogP contribution in [0.4, 0.5) is 13.2 Å². The van der Waals surface area contributed by atoms with Gasteiger partial charge in [-0.05, 0) is 0 Å². The van der Waals surface area contributed by atoms with E-state index in [0.29, 0.717) is 0 Å². The van der Waals surface area contributed by atoms with Crippen LogP contribution in [0.1, 0.15) is 26.3 Å². The molecule has 0 amide bonds. The van der Waals surface area contributed by atoms with E-state index in [9.17, 15) is 27.6 Å². The topological polar surface area (TPSA) is 112 Å². The van der Waals surface area contributed by atoms with Crippen LogP contribution in [-0.4, -0.2) is 33.2 Å². The Kier molecular flexibility index (Phi) is 3.78. The van der Waals surface area contributed by atoms with Crippen molar-refractivity contribution >= 4 is 17.9 Å². The predicted octanol–water partition coefficient (Wildman–Crippen LogP) is 1.13. The number of aliphatic carboxylic acids is 1. The molecule has 0 aromatic heterocycles. The number of carboxylic acid groups (broad SMARTS) is 3. The standard InChI is InChI=1S/C10H5F3O6/c11-6-2(1-3(14)15)4(9(16)17)5(10(18)19)7(12)8(6)13/h1H2,(H,14,15)(H,16,17)(H,18,19). The minimum Gasteiger partial charge on any atom is -0.481 e. The smallest absolute Gasteiger partial charge is 0.339 e. The van der Waals surface area contributed by atoms with Gasteiger partial charge in [0.15, 0.2) is 17.5 Å². The lowest BCUT2D eigenvalue weighted by molar-refractivity contribution is -0.136. The van der Waals surface area contributed by atoms with Gasteiger partial charge >= 0.3 is 17.9 Å². The molecule has 102 valence electrons. The summed E-state index contributed by atoms with van der Waals surface area (Å²) in [5.41, 5.74) is -4.29. The molecule has 9 heteroatoms. The average molecular weight is 278 g/mol. The second-order valence-corrected chi connectivity index (χ2v) is 3.35. The second-order valence-electron chi connectivity index (χ2n) is 3.35. The largest absolute Gasteiger partial charge is 0.481 e. The van der Waals surface area contributed by atoms with Gasteiger partial charge in [-0.2, -0.15) is 0 Å². The van der Waals surface area contributed by atoms with Crippen molar-refractivity contribution in [3.8, 4) is 0 Å². The maximum Gasteiger partial charge on any atom is 0.339 e. The monoisotopic (exact) mass is 278 g/mol. The average Bonchev–Trinajstić information content (AvgIpc) is 2.28. The van der Waals surface area contributed by atoms with Crippen LogP contribution in [0.25, 0.3) is 0 Å². The molecule has 0 bridgehead atoms. The Bertz CT molecular complexity index is 596. The minimum atomic E-state index is -2.24. The Balaban J connectivity index is 3.84. The molecule has 1 rings (SSSR count). The molecular weight excluding hydrogens is 273 g/mol. The van der Waals surface area contributed by atoms with E-state index >= 15 is 0 Å². The Labute approximate surface area is 102 Å². The third-order valence-corrected chi connectivity index (χ3v) is 2.18. The highest BCUT2D eigenvalue weighted by molar-refractivity contribution is 6.03. The number of rotatable bonds is 4. The van der Waals surface area contributed by atoms with Gasteiger partial charge in [0.2, 0.25) is 0 Å². The summed E-state index contributed by atoms with van der Waals surface area (Å²) in [6.07, 6.45) is -1.30. The first kappa shape index (κ1) is 14.5. The zero-order valence-corrected chi connectivity index (χ0v) is 8.91. The Morgan fingerprint density at radius 3 is 1.63 bits per heavy atom. The van der Waals surface area contributed by atoms with Crippen LogP contribution in [0, 0.1) is 17.5 Å². The number of carbonyl (C=O) groups is 3. The van der Waals surface area contributed by atoms with E-state index < -0.39 is 58.5 Å². The first-order valence-electron chi connectivity index (χ1n) is 4.56. The summed E-state index contributed by atoms with van der Waals surface area (Å²) in [4.78, 5) is 32.0. The van der Waals surface area contributed by atoms with Crippen LogP contribution in [-0.2, 0) is 11.2 Å². The molecule has 0 spiro atoms. The van der Waals surface area contributed by atoms with E-state index in [2.05, 4.69) is 0 Å². The lowest BCUT2D eigenvalue weighted by Gasteiger charge is -2.11. The molecule has 6 nitrogen and oxygen atoms in total. The molecule has 0 fully saturated rings. The fraction of sp³-hybridized carbons (Fsp3) is 0.100. The van der Waals surface area contributed by atoms with Crippen LogP contribution in [0.2, 0.25) is 0 Å². The normalized spacial score (nSPS) is 10.3. The summed E-state index contributed by atoms with van der Waals surface area (Å²) in [7, 11) is 0. The molecular formula is C10H5F3O6. The SMILES string of the molecule is O=C(O)Cc1c(F)c(F)c(F)c(C(=O)O)c1C(=O)O. The van der Waals surface area contributed by atoms with E-state index in [4.69, 9.17) is 15.3 Å². The second kappa shape index (κ2) is 4.96. The molecule has 0 aliphatic carbocycles. The number of hydrogen-bond acceptors (Lipinski definition) is 3. The van der Waals surface area contributed by atoms with Gasteiger partial charge in [-0.1, -0.05) is 0 Å². The number of aromatic carboxylic acids is 2. The molecule has 0 aliphatic rings. The van der Waals surface area contributed by atoms with E-state index in [-0.39, 0.29) is 0 Å². The summed E-state index contributed by atoms with van der Waals surface area (Å²) in [5.74, 6) is -12.4. The van der Waals surface area contributed by atoms with Crippen LogP contribution in [0.3, 0.4) is 0 Å². The highest BCUT2D eigenvalue weighted by Gasteiger charge is 2.32. The van der Waals surface area contributed by atoms with E-state index in [1.807, 2.05) is 0 Å². The maximum atomic E-state index is 13.4. The van der Waals surface area contributed by atoms with Gasteiger partial charge < -0.3 is 15.3 Å². The number of carboxylic acids is 3. The summed E-state index contributed by atoms with van der Waals surface area (Å²) in [5, 5.41) is 25.8. The zero-order chi connectivity index (χ0) is 14.9. The maximum absolute atomic E-state index is 13.4. The van der Waals surface area contributed by atoms with Crippen LogP contribution < -0.4 is 0 Å². The summed E-state index contributed by atoms with van der Waals surface area (Å²) in [6, 6.07) is 0. The van der Waals surface area contributed by atoms with Crippen molar-refractivity contribution in [3.05, 3.63) is 34.1 Å². The van der Waals surface area contributed by atoms with Gasteiger partial charge in [-0.25, -0.2) is 22.8 Å². The summed E-state index contributed by atoms with van der Waals surface area (Å²) in [6.45, 7) is 0. The van der Waals surface area contributed by atoms with Crippen molar-refractivity contribution in [2.75, 3.05) is 0 Å². The first-order valence-corrected chi connectivity index (χ1v) is 4.56. The Morgan fingerprint density at radius 2 is 1.26 bits per heavy atom. The number of halogens is 3. The van der Waals surface area contributed by atoms with E-state index in [1.165, 1.54) is 0 Å². The van der Waals surface area contributed by atoms with Gasteiger partial charge in [0.25, 0.3) is 0 Å². The predicted molar refractivity (Wildman–Crippen MR) is 51.6 cm³/mol. The highest BCUT2D eigenvalue weighted by atomic mass is 19.2. The van der Waals surface area contributed by atoms with Crippen molar-refractivity contribution in [3.63, 3.8) is 0 Å². The van der Waals surface area contributed by atoms with Gasteiger partial charge in [0.1, 0.15) is 5.56 Å². The molecule has 1 aromatic rings. The molecule has 0 unspecified atom stereocenters. The van der Waals surface area contributed by atoms with Crippen LogP contribution in [0.5, 0.6) is 0 Å². The van der Waals surface area contributed by atoms with Gasteiger partial charge in [0, 0.05) is 5.56 Å². The highest BCUT2D eigenvalue weighted by Crippen LogP contribution is 2.26. The molecule has 0 saturated heterocycles. The molecule has 0 aliphatic heterocycles. The lowest BCUT2D eigenvalue weighted by Crippen LogP contribution is -2.20. The molecule has 0 heterocycles. The third-order valence-electron chi connectivity index (χ3n) is 2.18. The van der Waals surface area contributed by atoms with E-state index in [0.717, 1.165) is 0 Å². The van der Waals surface area contributed by atoms with Gasteiger partial charge in [0.05, 0.1) is 12.0 Å². The van der Waals surface area contributed by atoms with Crippen molar-refractivity contribution in [1.82, 2.24) is 0 Å². The third kappa shape index (κ3) is 2.49. The van der Waals surface area contributed by atoms with Crippen molar-refractivity contribution < 1.29 is 42.9 Å².